The molecule has 0 aliphatic carbocycles. The Morgan fingerprint density at radius 1 is 1.35 bits per heavy atom. The van der Waals surface area contributed by atoms with Gasteiger partial charge in [-0.15, -0.1) is 0 Å². The van der Waals surface area contributed by atoms with E-state index in [0.717, 1.165) is 25.0 Å². The van der Waals surface area contributed by atoms with Gasteiger partial charge in [0.05, 0.1) is 0 Å². The highest BCUT2D eigenvalue weighted by Crippen LogP contribution is 2.12. The standard InChI is InChI=1S/C12H19NO3S/c1-3-5-8-11-9-6-7-10-13(11)12(4-2)17(14,15)16/h6-7,9-10,12H,3-5,8H2,1-2H3/p+1. The molecule has 96 valence electrons. The molecule has 1 aromatic rings. The number of rotatable bonds is 6. The van der Waals surface area contributed by atoms with Gasteiger partial charge in [-0.2, -0.15) is 13.0 Å². The normalized spacial score (nSPS) is 13.6. The van der Waals surface area contributed by atoms with Crippen molar-refractivity contribution in [3.8, 4) is 0 Å². The first-order valence-electron chi connectivity index (χ1n) is 5.96. The van der Waals surface area contributed by atoms with Gasteiger partial charge in [0.1, 0.15) is 0 Å². The molecule has 0 fully saturated rings. The van der Waals surface area contributed by atoms with E-state index < -0.39 is 15.5 Å². The minimum atomic E-state index is -4.05. The van der Waals surface area contributed by atoms with Crippen molar-refractivity contribution in [2.24, 2.45) is 0 Å². The summed E-state index contributed by atoms with van der Waals surface area (Å²) < 4.78 is 33.5. The quantitative estimate of drug-likeness (QED) is 0.628. The summed E-state index contributed by atoms with van der Waals surface area (Å²) in [6.07, 6.45) is 4.95. The fourth-order valence-corrected chi connectivity index (χ4v) is 2.81. The van der Waals surface area contributed by atoms with E-state index in [1.54, 1.807) is 23.8 Å². The largest absolute Gasteiger partial charge is 0.329 e. The third kappa shape index (κ3) is 3.78. The summed E-state index contributed by atoms with van der Waals surface area (Å²) in [5.41, 5.74) is 0.943. The lowest BCUT2D eigenvalue weighted by Gasteiger charge is -2.10. The highest BCUT2D eigenvalue weighted by molar-refractivity contribution is 7.85. The van der Waals surface area contributed by atoms with Gasteiger partial charge in [0.15, 0.2) is 11.9 Å². The molecular formula is C12H20NO3S+. The highest BCUT2D eigenvalue weighted by atomic mass is 32.2. The van der Waals surface area contributed by atoms with Crippen LogP contribution >= 0.6 is 0 Å². The van der Waals surface area contributed by atoms with Crippen molar-refractivity contribution in [2.45, 2.75) is 44.9 Å². The number of hydrogen-bond donors (Lipinski definition) is 1. The number of hydrogen-bond acceptors (Lipinski definition) is 2. The van der Waals surface area contributed by atoms with Crippen LogP contribution in [-0.2, 0) is 16.5 Å². The van der Waals surface area contributed by atoms with E-state index in [1.807, 2.05) is 12.1 Å². The lowest BCUT2D eigenvalue weighted by Crippen LogP contribution is -2.46. The molecule has 1 atom stereocenters. The van der Waals surface area contributed by atoms with Crippen molar-refractivity contribution < 1.29 is 17.5 Å². The minimum absolute atomic E-state index is 0.354. The van der Waals surface area contributed by atoms with Gasteiger partial charge in [-0.1, -0.05) is 26.3 Å². The molecule has 1 N–H and O–H groups in total. The topological polar surface area (TPSA) is 58.2 Å². The first kappa shape index (κ1) is 14.1. The van der Waals surface area contributed by atoms with Crippen LogP contribution in [0.2, 0.25) is 0 Å². The maximum atomic E-state index is 11.3. The Labute approximate surface area is 103 Å². The van der Waals surface area contributed by atoms with Gasteiger partial charge < -0.3 is 0 Å². The Bertz CT molecular complexity index is 457. The predicted molar refractivity (Wildman–Crippen MR) is 66.1 cm³/mol. The van der Waals surface area contributed by atoms with Gasteiger partial charge in [0.2, 0.25) is 0 Å². The van der Waals surface area contributed by atoms with Crippen LogP contribution in [-0.4, -0.2) is 13.0 Å². The summed E-state index contributed by atoms with van der Waals surface area (Å²) in [6.45, 7) is 3.84. The number of pyridine rings is 1. The fourth-order valence-electron chi connectivity index (χ4n) is 1.89. The van der Waals surface area contributed by atoms with Crippen LogP contribution in [0, 0.1) is 0 Å². The third-order valence-electron chi connectivity index (χ3n) is 2.77. The molecule has 0 radical (unpaired) electrons. The molecule has 0 saturated heterocycles. The minimum Gasteiger partial charge on any atom is -0.280 e. The summed E-state index contributed by atoms with van der Waals surface area (Å²) in [5.74, 6) is 0. The predicted octanol–water partition coefficient (Wildman–Crippen LogP) is 2.11. The zero-order valence-electron chi connectivity index (χ0n) is 10.3. The molecule has 1 aromatic heterocycles. The first-order chi connectivity index (χ1) is 8.00. The van der Waals surface area contributed by atoms with E-state index >= 15 is 0 Å². The van der Waals surface area contributed by atoms with Gasteiger partial charge in [-0.25, -0.2) is 0 Å². The Hall–Kier alpha value is -0.940. The molecule has 1 unspecified atom stereocenters. The number of nitrogens with zero attached hydrogens (tertiary/aromatic N) is 1. The van der Waals surface area contributed by atoms with Crippen molar-refractivity contribution >= 4 is 10.1 Å². The Morgan fingerprint density at radius 3 is 2.59 bits per heavy atom. The zero-order valence-corrected chi connectivity index (χ0v) is 11.2. The molecule has 1 rings (SSSR count). The maximum absolute atomic E-state index is 11.3. The van der Waals surface area contributed by atoms with Crippen LogP contribution in [0.4, 0.5) is 0 Å². The second kappa shape index (κ2) is 6.12. The molecule has 0 saturated carbocycles. The van der Waals surface area contributed by atoms with Crippen molar-refractivity contribution in [1.82, 2.24) is 0 Å². The van der Waals surface area contributed by atoms with Crippen LogP contribution in [0.3, 0.4) is 0 Å². The summed E-state index contributed by atoms with van der Waals surface area (Å²) in [5, 5.41) is -0.879. The van der Waals surface area contributed by atoms with Crippen molar-refractivity contribution in [2.75, 3.05) is 0 Å². The average molecular weight is 258 g/mol. The van der Waals surface area contributed by atoms with E-state index in [4.69, 9.17) is 0 Å². The summed E-state index contributed by atoms with van der Waals surface area (Å²) in [4.78, 5) is 0. The van der Waals surface area contributed by atoms with E-state index in [9.17, 15) is 13.0 Å². The molecule has 4 nitrogen and oxygen atoms in total. The number of aryl methyl sites for hydroxylation is 1. The van der Waals surface area contributed by atoms with Crippen LogP contribution in [0.5, 0.6) is 0 Å². The molecule has 0 aliphatic rings. The van der Waals surface area contributed by atoms with E-state index in [-0.39, 0.29) is 0 Å². The first-order valence-corrected chi connectivity index (χ1v) is 7.46. The molecule has 0 aromatic carbocycles. The highest BCUT2D eigenvalue weighted by Gasteiger charge is 2.31. The van der Waals surface area contributed by atoms with Gasteiger partial charge in [-0.3, -0.25) is 4.55 Å². The molecule has 0 amide bonds. The average Bonchev–Trinajstić information content (AvgIpc) is 2.27. The summed E-state index contributed by atoms with van der Waals surface area (Å²) >= 11 is 0. The molecule has 17 heavy (non-hydrogen) atoms. The lowest BCUT2D eigenvalue weighted by atomic mass is 10.2. The second-order valence-corrected chi connectivity index (χ2v) is 5.65. The molecule has 1 heterocycles. The van der Waals surface area contributed by atoms with Crippen molar-refractivity contribution in [3.63, 3.8) is 0 Å². The van der Waals surface area contributed by atoms with Crippen LogP contribution < -0.4 is 4.57 Å². The molecular weight excluding hydrogens is 238 g/mol. The third-order valence-corrected chi connectivity index (χ3v) is 4.02. The van der Waals surface area contributed by atoms with E-state index in [1.165, 1.54) is 0 Å². The number of aromatic nitrogens is 1. The smallest absolute Gasteiger partial charge is 0.280 e. The van der Waals surface area contributed by atoms with Gasteiger partial charge in [-0.05, 0) is 6.42 Å². The lowest BCUT2D eigenvalue weighted by molar-refractivity contribution is -0.709. The summed E-state index contributed by atoms with van der Waals surface area (Å²) in [7, 11) is -4.05. The van der Waals surface area contributed by atoms with Crippen LogP contribution in [0.15, 0.2) is 24.4 Å². The van der Waals surface area contributed by atoms with Gasteiger partial charge in [0.25, 0.3) is 5.37 Å². The van der Waals surface area contributed by atoms with Crippen molar-refractivity contribution in [3.05, 3.63) is 30.1 Å². The molecule has 0 bridgehead atoms. The molecule has 0 aliphatic heterocycles. The molecule has 0 spiro atoms. The van der Waals surface area contributed by atoms with Crippen LogP contribution in [0.25, 0.3) is 0 Å². The fraction of sp³-hybridized carbons (Fsp3) is 0.583. The van der Waals surface area contributed by atoms with Gasteiger partial charge >= 0.3 is 10.1 Å². The summed E-state index contributed by atoms with van der Waals surface area (Å²) in [6, 6.07) is 5.57. The van der Waals surface area contributed by atoms with Gasteiger partial charge in [0, 0.05) is 25.0 Å². The van der Waals surface area contributed by atoms with E-state index in [2.05, 4.69) is 6.92 Å². The van der Waals surface area contributed by atoms with E-state index in [0.29, 0.717) is 6.42 Å². The monoisotopic (exact) mass is 258 g/mol. The van der Waals surface area contributed by atoms with Crippen LogP contribution in [0.1, 0.15) is 44.2 Å². The molecule has 5 heteroatoms. The number of unbranched alkanes of at least 4 members (excludes halogenated alkanes) is 1. The zero-order chi connectivity index (χ0) is 12.9. The maximum Gasteiger partial charge on any atom is 0.329 e. The Balaban J connectivity index is 3.10. The van der Waals surface area contributed by atoms with Crippen molar-refractivity contribution in [1.29, 1.82) is 0 Å². The Morgan fingerprint density at radius 2 is 2.06 bits per heavy atom. The SMILES string of the molecule is CCCCc1cccc[n+]1C(CC)S(=O)(=O)O. The second-order valence-electron chi connectivity index (χ2n) is 4.08. The Kier molecular flexibility index (Phi) is 5.08.